The zero-order valence-corrected chi connectivity index (χ0v) is 5.41. The first-order valence-electron chi connectivity index (χ1n) is 3.11. The lowest BCUT2D eigenvalue weighted by Crippen LogP contribution is -3.07. The fraction of sp³-hybridized carbons (Fsp3) is 0.571. The summed E-state index contributed by atoms with van der Waals surface area (Å²) >= 11 is 0. The summed E-state index contributed by atoms with van der Waals surface area (Å²) in [6.45, 7) is 4.51. The van der Waals surface area contributed by atoms with E-state index in [2.05, 4.69) is 20.0 Å². The van der Waals surface area contributed by atoms with Gasteiger partial charge in [-0.05, 0) is 13.0 Å². The highest BCUT2D eigenvalue weighted by Crippen LogP contribution is 1.97. The van der Waals surface area contributed by atoms with E-state index in [4.69, 9.17) is 0 Å². The van der Waals surface area contributed by atoms with E-state index in [-0.39, 0.29) is 0 Å². The van der Waals surface area contributed by atoms with E-state index >= 15 is 0 Å². The van der Waals surface area contributed by atoms with Crippen molar-refractivity contribution in [1.29, 1.82) is 0 Å². The lowest BCUT2D eigenvalue weighted by Gasteiger charge is -2.23. The van der Waals surface area contributed by atoms with Crippen LogP contribution in [-0.4, -0.2) is 13.1 Å². The molecule has 0 spiro atoms. The molecule has 0 bridgehead atoms. The van der Waals surface area contributed by atoms with Gasteiger partial charge in [0, 0.05) is 6.42 Å². The van der Waals surface area contributed by atoms with Gasteiger partial charge in [-0.15, -0.1) is 0 Å². The van der Waals surface area contributed by atoms with Crippen LogP contribution >= 0.6 is 0 Å². The Bertz CT molecular complexity index is 105. The predicted octanol–water partition coefficient (Wildman–Crippen LogP) is 0.0129. The highest BCUT2D eigenvalue weighted by atomic mass is 15.1. The molecular weight excluding hydrogens is 98.1 g/mol. The molecule has 1 N–H and O–H groups in total. The third-order valence-corrected chi connectivity index (χ3v) is 1.61. The Morgan fingerprint density at radius 2 is 2.50 bits per heavy atom. The van der Waals surface area contributed by atoms with Crippen molar-refractivity contribution in [3.05, 3.63) is 18.7 Å². The van der Waals surface area contributed by atoms with E-state index in [0.717, 1.165) is 6.54 Å². The molecule has 1 rings (SSSR count). The normalized spacial score (nSPS) is 29.8. The lowest BCUT2D eigenvalue weighted by molar-refractivity contribution is -0.848. The molecule has 1 heteroatoms. The van der Waals surface area contributed by atoms with Gasteiger partial charge in [-0.2, -0.15) is 7.05 Å². The number of nitrogens with one attached hydrogen (secondary N) is 1. The monoisotopic (exact) mass is 111 g/mol. The molecule has 0 fully saturated rings. The molecule has 1 heterocycles. The van der Waals surface area contributed by atoms with Gasteiger partial charge in [0.1, 0.15) is 0 Å². The van der Waals surface area contributed by atoms with Gasteiger partial charge in [-0.1, -0.05) is 5.57 Å². The SMILES string of the molecule is [CH2-][NH+]1CC=C(C)CC1. The third kappa shape index (κ3) is 1.34. The molecule has 1 nitrogen and oxygen atoms in total. The molecular formula is C7H13N. The van der Waals surface area contributed by atoms with Crippen LogP contribution in [0, 0.1) is 7.05 Å². The Balaban J connectivity index is 2.42. The summed E-state index contributed by atoms with van der Waals surface area (Å²) in [7, 11) is 3.90. The van der Waals surface area contributed by atoms with E-state index in [1.807, 2.05) is 0 Å². The van der Waals surface area contributed by atoms with Crippen LogP contribution in [0.15, 0.2) is 11.6 Å². The number of quaternary nitrogens is 1. The minimum Gasteiger partial charge on any atom is -0.464 e. The van der Waals surface area contributed by atoms with Gasteiger partial charge in [0.25, 0.3) is 0 Å². The first-order chi connectivity index (χ1) is 3.79. The largest absolute Gasteiger partial charge is 0.464 e. The van der Waals surface area contributed by atoms with Crippen LogP contribution in [-0.2, 0) is 0 Å². The van der Waals surface area contributed by atoms with E-state index < -0.39 is 0 Å². The second kappa shape index (κ2) is 2.31. The van der Waals surface area contributed by atoms with Crippen molar-refractivity contribution < 1.29 is 4.90 Å². The molecule has 0 radical (unpaired) electrons. The second-order valence-electron chi connectivity index (χ2n) is 2.50. The highest BCUT2D eigenvalue weighted by molar-refractivity contribution is 4.99. The molecule has 0 aliphatic carbocycles. The molecule has 1 aliphatic heterocycles. The van der Waals surface area contributed by atoms with Crippen LogP contribution in [0.4, 0.5) is 0 Å². The smallest absolute Gasteiger partial charge is 0.0719 e. The molecule has 0 saturated carbocycles. The predicted molar refractivity (Wildman–Crippen MR) is 34.4 cm³/mol. The van der Waals surface area contributed by atoms with Crippen molar-refractivity contribution in [2.75, 3.05) is 13.1 Å². The molecule has 8 heavy (non-hydrogen) atoms. The number of hydrogen-bond acceptors (Lipinski definition) is 0. The minimum atomic E-state index is 1.12. The highest BCUT2D eigenvalue weighted by Gasteiger charge is 2.01. The molecule has 1 aliphatic rings. The zero-order valence-electron chi connectivity index (χ0n) is 5.41. The van der Waals surface area contributed by atoms with Gasteiger partial charge in [-0.3, -0.25) is 0 Å². The van der Waals surface area contributed by atoms with Crippen LogP contribution < -0.4 is 4.90 Å². The minimum absolute atomic E-state index is 1.12. The third-order valence-electron chi connectivity index (χ3n) is 1.61. The van der Waals surface area contributed by atoms with Crippen molar-refractivity contribution in [2.24, 2.45) is 0 Å². The Morgan fingerprint density at radius 1 is 1.75 bits per heavy atom. The first-order valence-corrected chi connectivity index (χ1v) is 3.11. The summed E-state index contributed by atoms with van der Waals surface area (Å²) in [6.07, 6.45) is 3.50. The van der Waals surface area contributed by atoms with Gasteiger partial charge in [0.15, 0.2) is 0 Å². The van der Waals surface area contributed by atoms with E-state index in [9.17, 15) is 0 Å². The van der Waals surface area contributed by atoms with Gasteiger partial charge in [0.2, 0.25) is 0 Å². The van der Waals surface area contributed by atoms with Crippen molar-refractivity contribution in [3.63, 3.8) is 0 Å². The lowest BCUT2D eigenvalue weighted by atomic mass is 10.1. The Hall–Kier alpha value is -0.300. The van der Waals surface area contributed by atoms with Crippen molar-refractivity contribution in [1.82, 2.24) is 0 Å². The van der Waals surface area contributed by atoms with Gasteiger partial charge < -0.3 is 4.90 Å². The summed E-state index contributed by atoms with van der Waals surface area (Å²) in [5, 5.41) is 0. The van der Waals surface area contributed by atoms with Crippen LogP contribution in [0.2, 0.25) is 0 Å². The number of hydrogen-bond donors (Lipinski definition) is 1. The number of rotatable bonds is 0. The Labute approximate surface area is 51.0 Å². The molecule has 0 amide bonds. The Kier molecular flexibility index (Phi) is 1.69. The van der Waals surface area contributed by atoms with E-state index in [0.29, 0.717) is 0 Å². The van der Waals surface area contributed by atoms with Crippen molar-refractivity contribution in [3.8, 4) is 0 Å². The maximum absolute atomic E-state index is 3.90. The molecule has 1 atom stereocenters. The summed E-state index contributed by atoms with van der Waals surface area (Å²) in [6, 6.07) is 0. The molecule has 0 saturated heterocycles. The summed E-state index contributed by atoms with van der Waals surface area (Å²) in [4.78, 5) is 1.38. The maximum atomic E-state index is 3.90. The van der Waals surface area contributed by atoms with Crippen LogP contribution in [0.1, 0.15) is 13.3 Å². The summed E-state index contributed by atoms with van der Waals surface area (Å²) < 4.78 is 0. The molecule has 0 aromatic heterocycles. The molecule has 46 valence electrons. The van der Waals surface area contributed by atoms with Gasteiger partial charge >= 0.3 is 0 Å². The maximum Gasteiger partial charge on any atom is 0.0719 e. The zero-order chi connectivity index (χ0) is 5.98. The standard InChI is InChI=1S/C7H13N/c1-7-3-5-8(2)6-4-7/h3,8H,2,4-6H2,1H3. The molecule has 1 unspecified atom stereocenters. The topological polar surface area (TPSA) is 4.44 Å². The summed E-state index contributed by atoms with van der Waals surface area (Å²) in [5.74, 6) is 0. The van der Waals surface area contributed by atoms with E-state index in [1.165, 1.54) is 23.4 Å². The van der Waals surface area contributed by atoms with Crippen molar-refractivity contribution >= 4 is 0 Å². The summed E-state index contributed by atoms with van der Waals surface area (Å²) in [5.41, 5.74) is 1.53. The first kappa shape index (κ1) is 5.83. The van der Waals surface area contributed by atoms with Crippen LogP contribution in [0.3, 0.4) is 0 Å². The van der Waals surface area contributed by atoms with Crippen LogP contribution in [0.25, 0.3) is 0 Å². The molecule has 0 aromatic carbocycles. The molecule has 0 aromatic rings. The average molecular weight is 111 g/mol. The van der Waals surface area contributed by atoms with E-state index in [1.54, 1.807) is 0 Å². The average Bonchev–Trinajstić information content (AvgIpc) is 1.77. The van der Waals surface area contributed by atoms with Gasteiger partial charge in [-0.25, -0.2) is 0 Å². The van der Waals surface area contributed by atoms with Crippen LogP contribution in [0.5, 0.6) is 0 Å². The Morgan fingerprint density at radius 3 is 2.88 bits per heavy atom. The fourth-order valence-electron chi connectivity index (χ4n) is 0.897. The van der Waals surface area contributed by atoms with Crippen molar-refractivity contribution in [2.45, 2.75) is 13.3 Å². The van der Waals surface area contributed by atoms with Gasteiger partial charge in [0.05, 0.1) is 13.1 Å². The fourth-order valence-corrected chi connectivity index (χ4v) is 0.897. The quantitative estimate of drug-likeness (QED) is 0.332. The second-order valence-corrected chi connectivity index (χ2v) is 2.50.